The maximum atomic E-state index is 13.6. The van der Waals surface area contributed by atoms with Crippen LogP contribution in [0.2, 0.25) is 0 Å². The first-order valence-electron chi connectivity index (χ1n) is 10.9. The molecule has 0 aromatic heterocycles. The highest BCUT2D eigenvalue weighted by molar-refractivity contribution is 7.85. The molecule has 0 unspecified atom stereocenters. The topological polar surface area (TPSA) is 92.7 Å². The van der Waals surface area contributed by atoms with E-state index in [4.69, 9.17) is 4.74 Å². The second-order valence-corrected chi connectivity index (χ2v) is 12.1. The molecule has 12 heteroatoms. The van der Waals surface area contributed by atoms with Crippen molar-refractivity contribution in [3.05, 3.63) is 120 Å². The summed E-state index contributed by atoms with van der Waals surface area (Å²) >= 11 is -0.517. The average Bonchev–Trinajstić information content (AvgIpc) is 2.91. The number of hydrogen-bond acceptors (Lipinski definition) is 6. The molecule has 0 aliphatic carbocycles. The van der Waals surface area contributed by atoms with E-state index >= 15 is 0 Å². The van der Waals surface area contributed by atoms with Crippen LogP contribution in [0.3, 0.4) is 0 Å². The van der Waals surface area contributed by atoms with E-state index in [1.54, 1.807) is 31.4 Å². The molecule has 0 fully saturated rings. The number of methoxy groups -OCH3 is 1. The second kappa shape index (κ2) is 13.0. The average molecular weight is 674 g/mol. The number of aryl methyl sites for hydroxylation is 1. The largest absolute Gasteiger partial charge is 0.744 e. The Kier molecular flexibility index (Phi) is 10.1. The van der Waals surface area contributed by atoms with Crippen molar-refractivity contribution in [2.75, 3.05) is 7.11 Å². The van der Waals surface area contributed by atoms with Crippen molar-refractivity contribution in [2.24, 2.45) is 0 Å². The number of ether oxygens (including phenoxy) is 2. The Hall–Kier alpha value is -3.49. The fourth-order valence-electron chi connectivity index (χ4n) is 2.91. The van der Waals surface area contributed by atoms with Gasteiger partial charge in [-0.15, -0.1) is 0 Å². The first kappa shape index (κ1) is 30.1. The summed E-state index contributed by atoms with van der Waals surface area (Å²) in [5.74, 6) is -8.63. The third-order valence-corrected chi connectivity index (χ3v) is 8.46. The van der Waals surface area contributed by atoms with E-state index in [0.717, 1.165) is 18.5 Å². The molecule has 0 aliphatic rings. The minimum Gasteiger partial charge on any atom is -0.744 e. The van der Waals surface area contributed by atoms with E-state index in [0.29, 0.717) is 0 Å². The van der Waals surface area contributed by atoms with E-state index < -0.39 is 66.3 Å². The van der Waals surface area contributed by atoms with Crippen molar-refractivity contribution in [3.63, 3.8) is 0 Å². The van der Waals surface area contributed by atoms with Gasteiger partial charge in [0, 0.05) is 6.07 Å². The molecule has 0 spiro atoms. The van der Waals surface area contributed by atoms with Gasteiger partial charge >= 0.3 is 27.2 Å². The van der Waals surface area contributed by atoms with Crippen LogP contribution in [0.25, 0.3) is 0 Å². The zero-order valence-corrected chi connectivity index (χ0v) is 23.2. The van der Waals surface area contributed by atoms with Gasteiger partial charge in [-0.3, -0.25) is 0 Å². The van der Waals surface area contributed by atoms with Crippen molar-refractivity contribution in [1.29, 1.82) is 0 Å². The minimum absolute atomic E-state index is 0.00837. The predicted molar refractivity (Wildman–Crippen MR) is 127 cm³/mol. The van der Waals surface area contributed by atoms with Crippen LogP contribution in [-0.4, -0.2) is 26.0 Å². The highest BCUT2D eigenvalue weighted by Crippen LogP contribution is 2.27. The Labute approximate surface area is 232 Å². The van der Waals surface area contributed by atoms with E-state index in [2.05, 4.69) is 4.74 Å². The molecule has 0 amide bonds. The number of esters is 1. The Bertz CT molecular complexity index is 1530. The van der Waals surface area contributed by atoms with Gasteiger partial charge in [0.2, 0.25) is 17.4 Å². The summed E-state index contributed by atoms with van der Waals surface area (Å²) in [4.78, 5) is 11.9. The Balaban J connectivity index is 0.000000320. The highest BCUT2D eigenvalue weighted by Gasteiger charge is 2.24. The van der Waals surface area contributed by atoms with Crippen LogP contribution in [0.15, 0.2) is 83.8 Å². The molecular formula is C27H19F4IO6S. The van der Waals surface area contributed by atoms with Gasteiger partial charge < -0.3 is 14.0 Å². The SMILES string of the molecule is COc1ccc([I+]c2ccc(C(=O)Oc3c(F)c(F)cc(F)c3F)cc2)cc1.Cc1ccc(S(=O)(=O)[O-])cc1. The molecule has 0 radical (unpaired) electrons. The van der Waals surface area contributed by atoms with Crippen molar-refractivity contribution in [2.45, 2.75) is 11.8 Å². The third kappa shape index (κ3) is 8.25. The van der Waals surface area contributed by atoms with Crippen molar-refractivity contribution in [1.82, 2.24) is 0 Å². The number of hydrogen-bond donors (Lipinski definition) is 0. The fraction of sp³-hybridized carbons (Fsp3) is 0.0741. The predicted octanol–water partition coefficient (Wildman–Crippen LogP) is 2.50. The lowest BCUT2D eigenvalue weighted by Gasteiger charge is -2.07. The van der Waals surface area contributed by atoms with Crippen molar-refractivity contribution >= 4 is 16.1 Å². The van der Waals surface area contributed by atoms with Gasteiger partial charge in [0.05, 0.1) is 17.6 Å². The summed E-state index contributed by atoms with van der Waals surface area (Å²) in [6.45, 7) is 1.82. The van der Waals surface area contributed by atoms with Gasteiger partial charge in [-0.05, 0) is 67.6 Å². The molecule has 0 N–H and O–H groups in total. The Morgan fingerprint density at radius 1 is 0.795 bits per heavy atom. The van der Waals surface area contributed by atoms with E-state index in [-0.39, 0.29) is 16.5 Å². The summed E-state index contributed by atoms with van der Waals surface area (Å²) in [6, 6.07) is 19.6. The van der Waals surface area contributed by atoms with Gasteiger partial charge in [-0.2, -0.15) is 8.78 Å². The molecule has 4 aromatic rings. The van der Waals surface area contributed by atoms with Crippen LogP contribution < -0.4 is 30.7 Å². The van der Waals surface area contributed by atoms with E-state index in [1.807, 2.05) is 31.2 Å². The monoisotopic (exact) mass is 674 g/mol. The number of carbonyl (C=O) groups excluding carboxylic acids is 1. The number of halogens is 5. The Morgan fingerprint density at radius 3 is 1.74 bits per heavy atom. The minimum atomic E-state index is -4.27. The zero-order chi connectivity index (χ0) is 28.7. The van der Waals surface area contributed by atoms with Crippen LogP contribution in [-0.2, 0) is 10.1 Å². The molecule has 0 aliphatic heterocycles. The number of rotatable bonds is 6. The third-order valence-electron chi connectivity index (χ3n) is 4.92. The van der Waals surface area contributed by atoms with Gasteiger partial charge in [-0.1, -0.05) is 17.7 Å². The van der Waals surface area contributed by atoms with E-state index in [1.165, 1.54) is 24.3 Å². The first-order chi connectivity index (χ1) is 18.4. The van der Waals surface area contributed by atoms with Gasteiger partial charge in [-0.25, -0.2) is 22.0 Å². The molecule has 39 heavy (non-hydrogen) atoms. The molecule has 204 valence electrons. The summed E-state index contributed by atoms with van der Waals surface area (Å²) in [5, 5.41) is 0. The smallest absolute Gasteiger partial charge is 0.357 e. The highest BCUT2D eigenvalue weighted by atomic mass is 127. The summed E-state index contributed by atoms with van der Waals surface area (Å²) < 4.78 is 96.5. The van der Waals surface area contributed by atoms with Crippen LogP contribution in [0.4, 0.5) is 17.6 Å². The summed E-state index contributed by atoms with van der Waals surface area (Å²) in [7, 11) is -2.69. The van der Waals surface area contributed by atoms with Crippen molar-refractivity contribution < 1.29 is 66.0 Å². The van der Waals surface area contributed by atoms with Crippen LogP contribution >= 0.6 is 0 Å². The lowest BCUT2D eigenvalue weighted by Crippen LogP contribution is -3.61. The van der Waals surface area contributed by atoms with Gasteiger partial charge in [0.15, 0.2) is 18.8 Å². The number of carbonyl (C=O) groups is 1. The van der Waals surface area contributed by atoms with Gasteiger partial charge in [0.1, 0.15) is 15.9 Å². The molecule has 0 saturated carbocycles. The van der Waals surface area contributed by atoms with E-state index in [9.17, 15) is 35.3 Å². The maximum Gasteiger partial charge on any atom is 0.357 e. The molecule has 0 atom stereocenters. The van der Waals surface area contributed by atoms with Crippen LogP contribution in [0.5, 0.6) is 11.5 Å². The lowest BCUT2D eigenvalue weighted by molar-refractivity contribution is -0.597. The first-order valence-corrected chi connectivity index (χ1v) is 14.4. The van der Waals surface area contributed by atoms with Crippen LogP contribution in [0, 0.1) is 37.3 Å². The van der Waals surface area contributed by atoms with Crippen molar-refractivity contribution in [3.8, 4) is 11.5 Å². The standard InChI is InChI=1S/C20H12F4IO3.C7H8O3S/c1-27-14-8-6-13(7-9-14)25-12-4-2-11(3-5-12)20(26)28-19-17(23)15(21)10-16(22)18(19)24;1-6-2-4-7(5-3-6)11(8,9)10/h2-10H,1H3;2-5H,1H3,(H,8,9,10)/q+1;/p-1. The molecule has 0 heterocycles. The normalized spacial score (nSPS) is 10.8. The zero-order valence-electron chi connectivity index (χ0n) is 20.3. The molecule has 0 saturated heterocycles. The quantitative estimate of drug-likeness (QED) is 0.0781. The molecule has 4 rings (SSSR count). The fourth-order valence-corrected chi connectivity index (χ4v) is 5.53. The molecular weight excluding hydrogens is 655 g/mol. The Morgan fingerprint density at radius 2 is 1.28 bits per heavy atom. The lowest BCUT2D eigenvalue weighted by atomic mass is 10.2. The molecule has 4 aromatic carbocycles. The number of benzene rings is 4. The summed E-state index contributed by atoms with van der Waals surface area (Å²) in [5.41, 5.74) is 0.920. The maximum absolute atomic E-state index is 13.6. The molecule has 0 bridgehead atoms. The van der Waals surface area contributed by atoms with Gasteiger partial charge in [0.25, 0.3) is 0 Å². The van der Waals surface area contributed by atoms with Crippen LogP contribution in [0.1, 0.15) is 15.9 Å². The second-order valence-electron chi connectivity index (χ2n) is 7.71. The summed E-state index contributed by atoms with van der Waals surface area (Å²) in [6.07, 6.45) is 0. The molecule has 6 nitrogen and oxygen atoms in total.